The molecule has 1 aliphatic heterocycles. The van der Waals surface area contributed by atoms with Gasteiger partial charge in [-0.1, -0.05) is 41.5 Å². The van der Waals surface area contributed by atoms with Crippen LogP contribution in [0.15, 0.2) is 40.7 Å². The maximum Gasteiger partial charge on any atom is 0.395 e. The molecule has 2 aromatic carbocycles. The molecule has 2 atom stereocenters. The molecule has 0 radical (unpaired) electrons. The lowest BCUT2D eigenvalue weighted by atomic mass is 9.89. The van der Waals surface area contributed by atoms with Crippen LogP contribution in [0, 0.1) is 6.92 Å². The van der Waals surface area contributed by atoms with Gasteiger partial charge in [-0.15, -0.1) is 0 Å². The van der Waals surface area contributed by atoms with E-state index < -0.39 is 26.1 Å². The average molecular weight is 544 g/mol. The Morgan fingerprint density at radius 2 is 2.03 bits per heavy atom. The molecular weight excluding hydrogens is 509 g/mol. The van der Waals surface area contributed by atoms with Crippen molar-refractivity contribution in [3.8, 4) is 11.5 Å². The van der Waals surface area contributed by atoms with E-state index >= 15 is 0 Å². The summed E-state index contributed by atoms with van der Waals surface area (Å²) in [5.41, 5.74) is 5.40. The van der Waals surface area contributed by atoms with E-state index in [0.29, 0.717) is 24.3 Å². The molecule has 1 heterocycles. The lowest BCUT2D eigenvalue weighted by Gasteiger charge is -2.16. The Morgan fingerprint density at radius 3 is 2.74 bits per heavy atom. The quantitative estimate of drug-likeness (QED) is 0.229. The molecule has 1 aliphatic rings. The Balaban J connectivity index is 1.64. The lowest BCUT2D eigenvalue weighted by molar-refractivity contribution is -0.169. The minimum Gasteiger partial charge on any atom is -0.575 e. The summed E-state index contributed by atoms with van der Waals surface area (Å²) < 4.78 is 25.2. The first kappa shape index (κ1) is 29.3. The van der Waals surface area contributed by atoms with Crippen LogP contribution in [-0.4, -0.2) is 36.3 Å². The molecule has 10 heteroatoms. The highest BCUT2D eigenvalue weighted by Gasteiger charge is 2.30. The fourth-order valence-electron chi connectivity index (χ4n) is 4.27. The smallest absolute Gasteiger partial charge is 0.395 e. The van der Waals surface area contributed by atoms with E-state index in [1.165, 1.54) is 6.92 Å². The fourth-order valence-corrected chi connectivity index (χ4v) is 5.04. The number of nitrogens with zero attached hydrogens (tertiary/aromatic N) is 1. The summed E-state index contributed by atoms with van der Waals surface area (Å²) >= 11 is 0. The number of hydrogen-bond acceptors (Lipinski definition) is 9. The van der Waals surface area contributed by atoms with Gasteiger partial charge in [0.25, 0.3) is 0 Å². The van der Waals surface area contributed by atoms with Crippen molar-refractivity contribution in [1.82, 2.24) is 0 Å². The third-order valence-corrected chi connectivity index (χ3v) is 7.17. The van der Waals surface area contributed by atoms with Crippen LogP contribution in [-0.2, 0) is 45.1 Å². The number of hydrogen-bond donors (Lipinski definition) is 1. The molecule has 1 N–H and O–H groups in total. The number of fused-ring (bicyclic) bond motifs is 1. The summed E-state index contributed by atoms with van der Waals surface area (Å²) in [5, 5.41) is 10.8. The molecule has 0 aromatic heterocycles. The Labute approximate surface area is 224 Å². The second kappa shape index (κ2) is 13.5. The van der Waals surface area contributed by atoms with Crippen LogP contribution in [0.2, 0.25) is 0 Å². The second-order valence-electron chi connectivity index (χ2n) is 8.94. The number of allylic oxidation sites excluding steroid dienone is 1. The summed E-state index contributed by atoms with van der Waals surface area (Å²) in [6, 6.07) is 6.12. The monoisotopic (exact) mass is 543 g/mol. The first-order valence-corrected chi connectivity index (χ1v) is 13.7. The van der Waals surface area contributed by atoms with Crippen molar-refractivity contribution >= 4 is 20.1 Å². The van der Waals surface area contributed by atoms with Crippen molar-refractivity contribution in [3.63, 3.8) is 0 Å². The zero-order valence-corrected chi connectivity index (χ0v) is 23.3. The molecule has 0 aliphatic carbocycles. The number of esters is 2. The Kier molecular flexibility index (Phi) is 10.4. The van der Waals surface area contributed by atoms with Crippen LogP contribution < -0.4 is 9.42 Å². The van der Waals surface area contributed by atoms with Crippen LogP contribution in [0.3, 0.4) is 0 Å². The number of benzene rings is 2. The van der Waals surface area contributed by atoms with E-state index in [0.717, 1.165) is 34.2 Å². The minimum absolute atomic E-state index is 0.00204. The SMILES string of the molecule is CCOC(=O)C(C)N=[P+]([O-])Oc1ccccc1COCC(C)=CCc1c(O)c2c(c(C)c1CC)COC2=O. The van der Waals surface area contributed by atoms with Gasteiger partial charge in [-0.25, -0.2) is 9.59 Å². The highest BCUT2D eigenvalue weighted by Crippen LogP contribution is 2.38. The van der Waals surface area contributed by atoms with Gasteiger partial charge in [-0.3, -0.25) is 4.52 Å². The van der Waals surface area contributed by atoms with Crippen molar-refractivity contribution in [2.75, 3.05) is 13.2 Å². The molecule has 38 heavy (non-hydrogen) atoms. The third-order valence-electron chi connectivity index (χ3n) is 6.29. The highest BCUT2D eigenvalue weighted by molar-refractivity contribution is 7.34. The number of cyclic esters (lactones) is 1. The summed E-state index contributed by atoms with van der Waals surface area (Å²) in [6.07, 6.45) is 3.14. The normalized spacial score (nSPS) is 14.2. The lowest BCUT2D eigenvalue weighted by Crippen LogP contribution is -2.18. The van der Waals surface area contributed by atoms with Gasteiger partial charge in [0.15, 0.2) is 11.8 Å². The first-order chi connectivity index (χ1) is 18.2. The number of carbonyl (C=O) groups excluding carboxylic acids is 2. The molecule has 204 valence electrons. The van der Waals surface area contributed by atoms with Crippen molar-refractivity contribution < 1.29 is 38.3 Å². The molecule has 0 saturated carbocycles. The number of phenolic OH excluding ortho intramolecular Hbond substituents is 1. The summed E-state index contributed by atoms with van der Waals surface area (Å²) in [7, 11) is -2.48. The number of rotatable bonds is 12. The van der Waals surface area contributed by atoms with E-state index in [4.69, 9.17) is 18.7 Å². The average Bonchev–Trinajstić information content (AvgIpc) is 3.28. The number of para-hydroxylation sites is 1. The van der Waals surface area contributed by atoms with Gasteiger partial charge >= 0.3 is 20.1 Å². The summed E-state index contributed by atoms with van der Waals surface area (Å²) in [6.45, 7) is 10.0. The van der Waals surface area contributed by atoms with E-state index in [1.807, 2.05) is 32.9 Å². The van der Waals surface area contributed by atoms with Crippen molar-refractivity contribution in [3.05, 3.63) is 69.3 Å². The predicted molar refractivity (Wildman–Crippen MR) is 141 cm³/mol. The van der Waals surface area contributed by atoms with Crippen LogP contribution in [0.5, 0.6) is 11.5 Å². The van der Waals surface area contributed by atoms with E-state index in [9.17, 15) is 19.6 Å². The summed E-state index contributed by atoms with van der Waals surface area (Å²) in [5.74, 6) is -0.696. The Morgan fingerprint density at radius 1 is 1.29 bits per heavy atom. The molecule has 9 nitrogen and oxygen atoms in total. The number of phenols is 1. The number of ether oxygens (including phenoxy) is 3. The maximum atomic E-state index is 12.3. The molecule has 0 bridgehead atoms. The fraction of sp³-hybridized carbons (Fsp3) is 0.429. The number of aromatic hydroxyl groups is 1. The van der Waals surface area contributed by atoms with Gasteiger partial charge in [0.1, 0.15) is 17.9 Å². The molecule has 0 saturated heterocycles. The Hall–Kier alpha value is -3.26. The predicted octanol–water partition coefficient (Wildman–Crippen LogP) is 4.83. The molecule has 3 rings (SSSR count). The molecule has 2 aromatic rings. The second-order valence-corrected chi connectivity index (χ2v) is 9.83. The largest absolute Gasteiger partial charge is 0.575 e. The van der Waals surface area contributed by atoms with Crippen LogP contribution in [0.1, 0.15) is 65.9 Å². The molecular formula is C28H34NO8P. The standard InChI is InChI=1S/C28H34NO8P/c1-6-21-18(4)23-16-36-28(32)25(23)26(30)22(21)13-12-17(3)14-34-15-20-10-8-9-11-24(20)37-38(33)29-19(5)27(31)35-7-2/h8-12,19,30H,6-7,13-16H2,1-5H3. The van der Waals surface area contributed by atoms with Crippen LogP contribution >= 0.6 is 8.17 Å². The number of carbonyl (C=O) groups is 2. The van der Waals surface area contributed by atoms with Gasteiger partial charge in [-0.2, -0.15) is 0 Å². The Bertz CT molecular complexity index is 1250. The van der Waals surface area contributed by atoms with Gasteiger partial charge in [0.05, 0.1) is 19.8 Å². The van der Waals surface area contributed by atoms with E-state index in [1.54, 1.807) is 25.1 Å². The molecule has 0 amide bonds. The van der Waals surface area contributed by atoms with Gasteiger partial charge in [0.2, 0.25) is 0 Å². The van der Waals surface area contributed by atoms with Crippen molar-refractivity contribution in [2.45, 2.75) is 66.7 Å². The zero-order chi connectivity index (χ0) is 27.8. The van der Waals surface area contributed by atoms with Crippen molar-refractivity contribution in [1.29, 1.82) is 0 Å². The van der Waals surface area contributed by atoms with Gasteiger partial charge in [-0.05, 0) is 57.7 Å². The zero-order valence-electron chi connectivity index (χ0n) is 22.4. The maximum absolute atomic E-state index is 12.3. The topological polar surface area (TPSA) is 127 Å². The van der Waals surface area contributed by atoms with Gasteiger partial charge in [0, 0.05) is 16.7 Å². The van der Waals surface area contributed by atoms with E-state index in [-0.39, 0.29) is 31.1 Å². The van der Waals surface area contributed by atoms with Crippen molar-refractivity contribution in [2.24, 2.45) is 4.74 Å². The molecule has 2 unspecified atom stereocenters. The van der Waals surface area contributed by atoms with Gasteiger partial charge < -0.3 is 24.2 Å². The minimum atomic E-state index is -2.48. The van der Waals surface area contributed by atoms with Crippen LogP contribution in [0.25, 0.3) is 0 Å². The van der Waals surface area contributed by atoms with E-state index in [2.05, 4.69) is 4.74 Å². The van der Waals surface area contributed by atoms with Crippen LogP contribution in [0.4, 0.5) is 0 Å². The third kappa shape index (κ3) is 6.98. The highest BCUT2D eigenvalue weighted by atomic mass is 31.1. The summed E-state index contributed by atoms with van der Waals surface area (Å²) in [4.78, 5) is 36.2. The first-order valence-electron chi connectivity index (χ1n) is 12.5. The molecule has 0 fully saturated rings. The molecule has 0 spiro atoms.